The van der Waals surface area contributed by atoms with Crippen LogP contribution in [0.4, 0.5) is 4.39 Å². The molecule has 110 valence electrons. The van der Waals surface area contributed by atoms with E-state index in [4.69, 9.17) is 16.3 Å². The molecule has 5 heteroatoms. The molecule has 3 nitrogen and oxygen atoms in total. The van der Waals surface area contributed by atoms with Crippen LogP contribution in [0.5, 0.6) is 11.6 Å². The second-order valence-electron chi connectivity index (χ2n) is 5.28. The molecule has 1 fully saturated rings. The summed E-state index contributed by atoms with van der Waals surface area (Å²) in [5.74, 6) is 0.767. The van der Waals surface area contributed by atoms with Crippen LogP contribution < -0.4 is 10.1 Å². The van der Waals surface area contributed by atoms with Crippen LogP contribution in [0, 0.1) is 12.7 Å². The molecule has 21 heavy (non-hydrogen) atoms. The highest BCUT2D eigenvalue weighted by Crippen LogP contribution is 2.26. The fourth-order valence-corrected chi connectivity index (χ4v) is 2.16. The maximum Gasteiger partial charge on any atom is 0.219 e. The van der Waals surface area contributed by atoms with E-state index in [2.05, 4.69) is 10.3 Å². The average Bonchev–Trinajstić information content (AvgIpc) is 3.28. The van der Waals surface area contributed by atoms with Crippen LogP contribution in [0.25, 0.3) is 0 Å². The number of benzene rings is 1. The number of aromatic nitrogens is 1. The molecule has 1 aromatic carbocycles. The van der Waals surface area contributed by atoms with Gasteiger partial charge >= 0.3 is 0 Å². The summed E-state index contributed by atoms with van der Waals surface area (Å²) in [6.07, 6.45) is 4.03. The lowest BCUT2D eigenvalue weighted by Crippen LogP contribution is -2.15. The molecule has 0 radical (unpaired) electrons. The number of halogens is 2. The molecule has 1 aliphatic carbocycles. The minimum absolute atomic E-state index is 0.249. The molecule has 1 saturated carbocycles. The van der Waals surface area contributed by atoms with Crippen LogP contribution in [0.1, 0.15) is 24.0 Å². The zero-order chi connectivity index (χ0) is 14.8. The summed E-state index contributed by atoms with van der Waals surface area (Å²) in [5, 5.41) is 4.02. The van der Waals surface area contributed by atoms with Gasteiger partial charge in [0.05, 0.1) is 5.02 Å². The van der Waals surface area contributed by atoms with Crippen molar-refractivity contribution >= 4 is 11.6 Å². The Kier molecular flexibility index (Phi) is 4.08. The summed E-state index contributed by atoms with van der Waals surface area (Å²) < 4.78 is 18.9. The second-order valence-corrected chi connectivity index (χ2v) is 5.69. The van der Waals surface area contributed by atoms with Gasteiger partial charge in [-0.1, -0.05) is 11.6 Å². The van der Waals surface area contributed by atoms with E-state index in [0.717, 1.165) is 5.56 Å². The molecule has 0 aliphatic heterocycles. The maximum absolute atomic E-state index is 13.2. The van der Waals surface area contributed by atoms with Gasteiger partial charge in [-0.2, -0.15) is 0 Å². The smallest absolute Gasteiger partial charge is 0.219 e. The van der Waals surface area contributed by atoms with Gasteiger partial charge in [0.2, 0.25) is 5.88 Å². The summed E-state index contributed by atoms with van der Waals surface area (Å²) in [5.41, 5.74) is 1.49. The molecule has 0 bridgehead atoms. The summed E-state index contributed by atoms with van der Waals surface area (Å²) in [6, 6.07) is 7.04. The average molecular weight is 307 g/mol. The summed E-state index contributed by atoms with van der Waals surface area (Å²) in [6.45, 7) is 2.40. The molecule has 1 aliphatic rings. The van der Waals surface area contributed by atoms with E-state index in [1.54, 1.807) is 25.3 Å². The Labute approximate surface area is 128 Å². The fraction of sp³-hybridized carbons (Fsp3) is 0.312. The van der Waals surface area contributed by atoms with Gasteiger partial charge < -0.3 is 10.1 Å². The lowest BCUT2D eigenvalue weighted by Gasteiger charge is -2.09. The van der Waals surface area contributed by atoms with Gasteiger partial charge in [-0.05, 0) is 49.1 Å². The highest BCUT2D eigenvalue weighted by Gasteiger charge is 2.20. The van der Waals surface area contributed by atoms with E-state index in [1.165, 1.54) is 18.9 Å². The first-order valence-electron chi connectivity index (χ1n) is 6.93. The Balaban J connectivity index is 1.74. The van der Waals surface area contributed by atoms with Crippen molar-refractivity contribution in [3.63, 3.8) is 0 Å². The Morgan fingerprint density at radius 2 is 2.19 bits per heavy atom. The normalized spacial score (nSPS) is 14.2. The van der Waals surface area contributed by atoms with E-state index in [0.29, 0.717) is 34.8 Å². The number of hydrogen-bond acceptors (Lipinski definition) is 3. The third-order valence-electron chi connectivity index (χ3n) is 3.42. The van der Waals surface area contributed by atoms with Crippen LogP contribution in [0.2, 0.25) is 5.02 Å². The lowest BCUT2D eigenvalue weighted by molar-refractivity contribution is 0.459. The third-order valence-corrected chi connectivity index (χ3v) is 3.76. The monoisotopic (exact) mass is 306 g/mol. The van der Waals surface area contributed by atoms with Crippen molar-refractivity contribution in [2.75, 3.05) is 0 Å². The number of nitrogens with zero attached hydrogens (tertiary/aromatic N) is 1. The predicted octanol–water partition coefficient (Wildman–Crippen LogP) is 4.23. The minimum atomic E-state index is -0.249. The van der Waals surface area contributed by atoms with Gasteiger partial charge in [0.25, 0.3) is 0 Å². The Morgan fingerprint density at radius 1 is 1.38 bits per heavy atom. The lowest BCUT2D eigenvalue weighted by atomic mass is 10.2. The molecule has 1 aromatic heterocycles. The SMILES string of the molecule is Cc1cc(Oc2cc(CNC3CC3)c(Cl)cn2)ccc1F. The van der Waals surface area contributed by atoms with Crippen molar-refractivity contribution in [1.29, 1.82) is 0 Å². The molecule has 0 saturated heterocycles. The summed E-state index contributed by atoms with van der Waals surface area (Å²) in [4.78, 5) is 4.15. The molecule has 3 rings (SSSR count). The quantitative estimate of drug-likeness (QED) is 0.897. The maximum atomic E-state index is 13.2. The first-order valence-corrected chi connectivity index (χ1v) is 7.31. The van der Waals surface area contributed by atoms with Crippen LogP contribution in [0.15, 0.2) is 30.5 Å². The molecule has 2 aromatic rings. The van der Waals surface area contributed by atoms with Crippen molar-refractivity contribution in [1.82, 2.24) is 10.3 Å². The van der Waals surface area contributed by atoms with Crippen LogP contribution in [-0.2, 0) is 6.54 Å². The number of rotatable bonds is 5. The number of pyridine rings is 1. The highest BCUT2D eigenvalue weighted by atomic mass is 35.5. The number of ether oxygens (including phenoxy) is 1. The first-order chi connectivity index (χ1) is 10.1. The molecule has 1 heterocycles. The minimum Gasteiger partial charge on any atom is -0.439 e. The van der Waals surface area contributed by atoms with Gasteiger partial charge in [-0.25, -0.2) is 9.37 Å². The van der Waals surface area contributed by atoms with Crippen molar-refractivity contribution in [2.45, 2.75) is 32.4 Å². The Morgan fingerprint density at radius 3 is 2.90 bits per heavy atom. The van der Waals surface area contributed by atoms with Crippen molar-refractivity contribution < 1.29 is 9.13 Å². The van der Waals surface area contributed by atoms with Crippen molar-refractivity contribution in [3.05, 3.63) is 52.4 Å². The van der Waals surface area contributed by atoms with Crippen LogP contribution in [-0.4, -0.2) is 11.0 Å². The van der Waals surface area contributed by atoms with Gasteiger partial charge in [0.1, 0.15) is 11.6 Å². The zero-order valence-corrected chi connectivity index (χ0v) is 12.5. The molecular weight excluding hydrogens is 291 g/mol. The van der Waals surface area contributed by atoms with E-state index >= 15 is 0 Å². The van der Waals surface area contributed by atoms with Crippen molar-refractivity contribution in [2.24, 2.45) is 0 Å². The van der Waals surface area contributed by atoms with E-state index in [1.807, 2.05) is 6.07 Å². The van der Waals surface area contributed by atoms with Crippen LogP contribution in [0.3, 0.4) is 0 Å². The van der Waals surface area contributed by atoms with Gasteiger partial charge in [0.15, 0.2) is 0 Å². The molecule has 0 unspecified atom stereocenters. The van der Waals surface area contributed by atoms with Crippen molar-refractivity contribution in [3.8, 4) is 11.6 Å². The fourth-order valence-electron chi connectivity index (χ4n) is 1.99. The second kappa shape index (κ2) is 6.00. The molecule has 0 spiro atoms. The topological polar surface area (TPSA) is 34.1 Å². The highest BCUT2D eigenvalue weighted by molar-refractivity contribution is 6.31. The van der Waals surface area contributed by atoms with E-state index in [9.17, 15) is 4.39 Å². The number of nitrogens with one attached hydrogen (secondary N) is 1. The number of aryl methyl sites for hydroxylation is 1. The number of hydrogen-bond donors (Lipinski definition) is 1. The standard InChI is InChI=1S/C16H16ClFN2O/c1-10-6-13(4-5-15(10)18)21-16-7-11(14(17)9-20-16)8-19-12-2-3-12/h4-7,9,12,19H,2-3,8H2,1H3. The molecule has 1 N–H and O–H groups in total. The molecular formula is C16H16ClFN2O. The van der Waals surface area contributed by atoms with Gasteiger partial charge in [0, 0.05) is 24.8 Å². The summed E-state index contributed by atoms with van der Waals surface area (Å²) in [7, 11) is 0. The Bertz CT molecular complexity index is 659. The molecule has 0 amide bonds. The molecule has 0 atom stereocenters. The van der Waals surface area contributed by atoms with Gasteiger partial charge in [-0.3, -0.25) is 0 Å². The Hall–Kier alpha value is -1.65. The van der Waals surface area contributed by atoms with Crippen LogP contribution >= 0.6 is 11.6 Å². The predicted molar refractivity (Wildman–Crippen MR) is 80.3 cm³/mol. The summed E-state index contributed by atoms with van der Waals surface area (Å²) >= 11 is 6.14. The zero-order valence-electron chi connectivity index (χ0n) is 11.7. The van der Waals surface area contributed by atoms with E-state index < -0.39 is 0 Å². The van der Waals surface area contributed by atoms with Gasteiger partial charge in [-0.15, -0.1) is 0 Å². The third kappa shape index (κ3) is 3.71. The first kappa shape index (κ1) is 14.3. The van der Waals surface area contributed by atoms with E-state index in [-0.39, 0.29) is 5.82 Å². The largest absolute Gasteiger partial charge is 0.439 e.